The predicted octanol–water partition coefficient (Wildman–Crippen LogP) is 2.86. The molecule has 6 heteroatoms. The summed E-state index contributed by atoms with van der Waals surface area (Å²) in [7, 11) is 0. The average Bonchev–Trinajstić information content (AvgIpc) is 3.31. The van der Waals surface area contributed by atoms with Gasteiger partial charge in [-0.1, -0.05) is 0 Å². The number of H-pyrrole nitrogens is 1. The van der Waals surface area contributed by atoms with E-state index in [-0.39, 0.29) is 16.7 Å². The predicted molar refractivity (Wildman–Crippen MR) is 84.4 cm³/mol. The standard InChI is InChI=1S/C17H17FN2O3/c1-10-6-15(21)13(8-19-10)17(22)20-14-5-4-12(18)7-16(14)23-9-11-2-3-11/h4-8,11H,2-3,9H2,1H3,(H,19,21)(H,20,22). The van der Waals surface area contributed by atoms with Gasteiger partial charge in [0.15, 0.2) is 5.43 Å². The molecule has 1 aliphatic rings. The smallest absolute Gasteiger partial charge is 0.261 e. The van der Waals surface area contributed by atoms with Crippen LogP contribution < -0.4 is 15.5 Å². The summed E-state index contributed by atoms with van der Waals surface area (Å²) < 4.78 is 19.0. The van der Waals surface area contributed by atoms with Crippen molar-refractivity contribution in [3.8, 4) is 5.75 Å². The molecule has 0 bridgehead atoms. The second kappa shape index (κ2) is 6.24. The second-order valence-electron chi connectivity index (χ2n) is 5.74. The molecule has 0 saturated heterocycles. The maximum atomic E-state index is 13.4. The molecule has 1 aromatic carbocycles. The Morgan fingerprint density at radius 1 is 1.39 bits per heavy atom. The number of anilines is 1. The summed E-state index contributed by atoms with van der Waals surface area (Å²) >= 11 is 0. The Hall–Kier alpha value is -2.63. The number of rotatable bonds is 5. The van der Waals surface area contributed by atoms with Crippen LogP contribution in [0, 0.1) is 18.7 Å². The molecule has 1 heterocycles. The highest BCUT2D eigenvalue weighted by molar-refractivity contribution is 6.04. The molecule has 1 aromatic heterocycles. The number of ether oxygens (including phenoxy) is 1. The van der Waals surface area contributed by atoms with E-state index in [1.54, 1.807) is 6.92 Å². The molecule has 2 N–H and O–H groups in total. The van der Waals surface area contributed by atoms with Gasteiger partial charge in [0.05, 0.1) is 12.3 Å². The van der Waals surface area contributed by atoms with E-state index in [0.29, 0.717) is 23.9 Å². The molecule has 5 nitrogen and oxygen atoms in total. The Bertz CT molecular complexity index is 797. The van der Waals surface area contributed by atoms with Gasteiger partial charge in [0, 0.05) is 24.0 Å². The largest absolute Gasteiger partial charge is 0.491 e. The number of aromatic amines is 1. The highest BCUT2D eigenvalue weighted by Crippen LogP contribution is 2.32. The zero-order chi connectivity index (χ0) is 16.4. The van der Waals surface area contributed by atoms with Gasteiger partial charge in [-0.25, -0.2) is 4.39 Å². The van der Waals surface area contributed by atoms with Crippen molar-refractivity contribution in [1.29, 1.82) is 0 Å². The van der Waals surface area contributed by atoms with Crippen LogP contribution in [0.2, 0.25) is 0 Å². The molecule has 0 aliphatic heterocycles. The van der Waals surface area contributed by atoms with Gasteiger partial charge >= 0.3 is 0 Å². The summed E-state index contributed by atoms with van der Waals surface area (Å²) in [6, 6.07) is 5.25. The molecule has 1 fully saturated rings. The van der Waals surface area contributed by atoms with Crippen LogP contribution in [-0.4, -0.2) is 17.5 Å². The average molecular weight is 316 g/mol. The lowest BCUT2D eigenvalue weighted by Crippen LogP contribution is -2.22. The Kier molecular flexibility index (Phi) is 4.14. The Labute approximate surface area is 132 Å². The molecular formula is C17H17FN2O3. The number of nitrogens with one attached hydrogen (secondary N) is 2. The quantitative estimate of drug-likeness (QED) is 0.891. The van der Waals surface area contributed by atoms with Crippen molar-refractivity contribution in [2.24, 2.45) is 5.92 Å². The number of pyridine rings is 1. The van der Waals surface area contributed by atoms with Crippen molar-refractivity contribution in [3.63, 3.8) is 0 Å². The van der Waals surface area contributed by atoms with E-state index in [9.17, 15) is 14.0 Å². The van der Waals surface area contributed by atoms with Crippen molar-refractivity contribution < 1.29 is 13.9 Å². The van der Waals surface area contributed by atoms with Crippen LogP contribution in [0.15, 0.2) is 35.3 Å². The van der Waals surface area contributed by atoms with Crippen LogP contribution in [0.1, 0.15) is 28.9 Å². The van der Waals surface area contributed by atoms with Crippen molar-refractivity contribution in [2.45, 2.75) is 19.8 Å². The third kappa shape index (κ3) is 3.77. The van der Waals surface area contributed by atoms with E-state index in [0.717, 1.165) is 12.8 Å². The van der Waals surface area contributed by atoms with Crippen LogP contribution in [0.4, 0.5) is 10.1 Å². The van der Waals surface area contributed by atoms with Crippen LogP contribution in [0.25, 0.3) is 0 Å². The van der Waals surface area contributed by atoms with Gasteiger partial charge in [-0.3, -0.25) is 9.59 Å². The number of carbonyl (C=O) groups excluding carboxylic acids is 1. The van der Waals surface area contributed by atoms with Gasteiger partial charge in [0.1, 0.15) is 17.1 Å². The van der Waals surface area contributed by atoms with Crippen molar-refractivity contribution in [2.75, 3.05) is 11.9 Å². The first-order valence-electron chi connectivity index (χ1n) is 7.46. The van der Waals surface area contributed by atoms with E-state index in [4.69, 9.17) is 4.74 Å². The monoisotopic (exact) mass is 316 g/mol. The van der Waals surface area contributed by atoms with Crippen molar-refractivity contribution in [1.82, 2.24) is 4.98 Å². The van der Waals surface area contributed by atoms with Crippen molar-refractivity contribution >= 4 is 11.6 Å². The molecule has 0 unspecified atom stereocenters. The number of aromatic nitrogens is 1. The summed E-state index contributed by atoms with van der Waals surface area (Å²) in [5.74, 6) is -0.230. The number of hydrogen-bond donors (Lipinski definition) is 2. The molecule has 23 heavy (non-hydrogen) atoms. The molecular weight excluding hydrogens is 299 g/mol. The maximum absolute atomic E-state index is 13.4. The van der Waals surface area contributed by atoms with E-state index in [1.807, 2.05) is 0 Å². The minimum Gasteiger partial charge on any atom is -0.491 e. The minimum absolute atomic E-state index is 0.00642. The Morgan fingerprint density at radius 2 is 2.17 bits per heavy atom. The fraction of sp³-hybridized carbons (Fsp3) is 0.294. The molecule has 120 valence electrons. The van der Waals surface area contributed by atoms with Gasteiger partial charge in [0.25, 0.3) is 5.91 Å². The van der Waals surface area contributed by atoms with E-state index >= 15 is 0 Å². The molecule has 0 spiro atoms. The molecule has 1 amide bonds. The third-order valence-corrected chi connectivity index (χ3v) is 3.67. The van der Waals surface area contributed by atoms with Gasteiger partial charge in [-0.15, -0.1) is 0 Å². The number of benzene rings is 1. The van der Waals surface area contributed by atoms with Crippen LogP contribution in [0.5, 0.6) is 5.75 Å². The highest BCUT2D eigenvalue weighted by atomic mass is 19.1. The van der Waals surface area contributed by atoms with Gasteiger partial charge in [-0.05, 0) is 37.8 Å². The van der Waals surface area contributed by atoms with Crippen LogP contribution in [-0.2, 0) is 0 Å². The van der Waals surface area contributed by atoms with E-state index < -0.39 is 11.7 Å². The molecule has 3 rings (SSSR count). The van der Waals surface area contributed by atoms with E-state index in [2.05, 4.69) is 10.3 Å². The summed E-state index contributed by atoms with van der Waals surface area (Å²) in [5, 5.41) is 2.61. The van der Waals surface area contributed by atoms with E-state index in [1.165, 1.54) is 30.5 Å². The zero-order valence-electron chi connectivity index (χ0n) is 12.7. The highest BCUT2D eigenvalue weighted by Gasteiger charge is 2.23. The SMILES string of the molecule is Cc1cc(=O)c(C(=O)Nc2ccc(F)cc2OCC2CC2)c[nH]1. The first-order valence-corrected chi connectivity index (χ1v) is 7.46. The topological polar surface area (TPSA) is 71.2 Å². The number of aryl methyl sites for hydroxylation is 1. The summed E-state index contributed by atoms with van der Waals surface area (Å²) in [5.41, 5.74) is 0.633. The summed E-state index contributed by atoms with van der Waals surface area (Å²) in [4.78, 5) is 26.9. The number of halogens is 1. The zero-order valence-corrected chi connectivity index (χ0v) is 12.7. The molecule has 2 aromatic rings. The van der Waals surface area contributed by atoms with Gasteiger partial charge in [0.2, 0.25) is 0 Å². The molecule has 1 saturated carbocycles. The first-order chi connectivity index (χ1) is 11.0. The number of carbonyl (C=O) groups is 1. The number of hydrogen-bond acceptors (Lipinski definition) is 3. The minimum atomic E-state index is -0.561. The third-order valence-electron chi connectivity index (χ3n) is 3.67. The Morgan fingerprint density at radius 3 is 2.87 bits per heavy atom. The van der Waals surface area contributed by atoms with Crippen LogP contribution in [0.3, 0.4) is 0 Å². The van der Waals surface area contributed by atoms with Gasteiger partial charge < -0.3 is 15.0 Å². The van der Waals surface area contributed by atoms with Gasteiger partial charge in [-0.2, -0.15) is 0 Å². The molecule has 0 radical (unpaired) electrons. The second-order valence-corrected chi connectivity index (χ2v) is 5.74. The fourth-order valence-electron chi connectivity index (χ4n) is 2.15. The lowest BCUT2D eigenvalue weighted by atomic mass is 10.2. The lowest BCUT2D eigenvalue weighted by Gasteiger charge is -2.12. The van der Waals surface area contributed by atoms with Crippen molar-refractivity contribution in [3.05, 3.63) is 57.8 Å². The normalized spacial score (nSPS) is 13.7. The number of amides is 1. The summed E-state index contributed by atoms with van der Waals surface area (Å²) in [6.45, 7) is 2.23. The molecule has 0 atom stereocenters. The lowest BCUT2D eigenvalue weighted by molar-refractivity contribution is 0.102. The molecule has 1 aliphatic carbocycles. The summed E-state index contributed by atoms with van der Waals surface area (Å²) in [6.07, 6.45) is 3.58. The first kappa shape index (κ1) is 15.3. The maximum Gasteiger partial charge on any atom is 0.261 e. The van der Waals surface area contributed by atoms with Crippen LogP contribution >= 0.6 is 0 Å². The Balaban J connectivity index is 1.80. The fourth-order valence-corrected chi connectivity index (χ4v) is 2.15.